The van der Waals surface area contributed by atoms with Gasteiger partial charge < -0.3 is 23.7 Å². The van der Waals surface area contributed by atoms with Crippen LogP contribution in [0, 0.1) is 0 Å². The summed E-state index contributed by atoms with van der Waals surface area (Å²) in [6.07, 6.45) is 1.36. The fourth-order valence-corrected chi connectivity index (χ4v) is 6.99. The minimum Gasteiger partial charge on any atom is -0.495 e. The predicted molar refractivity (Wildman–Crippen MR) is 189 cm³/mol. The molecule has 0 saturated carbocycles. The number of methoxy groups -OCH3 is 4. The van der Waals surface area contributed by atoms with Gasteiger partial charge in [-0.3, -0.25) is 9.10 Å². The van der Waals surface area contributed by atoms with E-state index in [1.54, 1.807) is 30.3 Å². The van der Waals surface area contributed by atoms with E-state index in [4.69, 9.17) is 58.5 Å². The lowest BCUT2D eigenvalue weighted by molar-refractivity contribution is -0.119. The van der Waals surface area contributed by atoms with Gasteiger partial charge in [0, 0.05) is 26.7 Å². The van der Waals surface area contributed by atoms with Crippen molar-refractivity contribution in [2.45, 2.75) is 11.5 Å². The number of nitrogens with zero attached hydrogens (tertiary/aromatic N) is 2. The number of hydrazone groups is 1. The highest BCUT2D eigenvalue weighted by Gasteiger charge is 2.31. The van der Waals surface area contributed by atoms with Crippen LogP contribution in [0.4, 0.5) is 5.69 Å². The van der Waals surface area contributed by atoms with Crippen molar-refractivity contribution < 1.29 is 36.9 Å². The Balaban J connectivity index is 1.57. The average Bonchev–Trinajstić information content (AvgIpc) is 3.06. The molecule has 0 spiro atoms. The maximum Gasteiger partial charge on any atom is 0.265 e. The molecule has 1 amide bonds. The number of nitrogens with one attached hydrogen (secondary N) is 1. The Kier molecular flexibility index (Phi) is 12.7. The normalized spacial score (nSPS) is 11.2. The van der Waals surface area contributed by atoms with Gasteiger partial charge in [0.2, 0.25) is 0 Å². The minimum atomic E-state index is -4.39. The summed E-state index contributed by atoms with van der Waals surface area (Å²) in [5, 5.41) is 5.22. The molecule has 0 unspecified atom stereocenters. The molecule has 16 heteroatoms. The van der Waals surface area contributed by atoms with Gasteiger partial charge in [0.05, 0.1) is 49.7 Å². The monoisotopic (exact) mass is 799 g/mol. The molecule has 0 saturated heterocycles. The smallest absolute Gasteiger partial charge is 0.265 e. The van der Waals surface area contributed by atoms with E-state index in [1.165, 1.54) is 71.1 Å². The Bertz CT molecular complexity index is 1950. The number of ether oxygens (including phenoxy) is 5. The number of hydrogen-bond donors (Lipinski definition) is 1. The van der Waals surface area contributed by atoms with Gasteiger partial charge in [0.25, 0.3) is 15.9 Å². The number of anilines is 1. The second-order valence-corrected chi connectivity index (χ2v) is 13.7. The number of carbonyl (C=O) groups excluding carboxylic acids is 1. The average molecular weight is 802 g/mol. The lowest BCUT2D eigenvalue weighted by Crippen LogP contribution is -2.39. The lowest BCUT2D eigenvalue weighted by Gasteiger charge is -2.25. The van der Waals surface area contributed by atoms with Crippen LogP contribution in [0.3, 0.4) is 0 Å². The molecular weight excluding hydrogens is 773 g/mol. The summed E-state index contributed by atoms with van der Waals surface area (Å²) in [4.78, 5) is 13.0. The molecule has 254 valence electrons. The van der Waals surface area contributed by atoms with Crippen molar-refractivity contribution in [1.82, 2.24) is 5.43 Å². The molecule has 0 heterocycles. The first-order chi connectivity index (χ1) is 22.9. The van der Waals surface area contributed by atoms with E-state index in [0.29, 0.717) is 37.3 Å². The van der Waals surface area contributed by atoms with Crippen LogP contribution in [0.15, 0.2) is 81.2 Å². The third-order valence-corrected chi connectivity index (χ3v) is 9.85. The summed E-state index contributed by atoms with van der Waals surface area (Å²) >= 11 is 22.0. The fourth-order valence-electron chi connectivity index (χ4n) is 4.35. The van der Waals surface area contributed by atoms with Crippen molar-refractivity contribution in [3.05, 3.63) is 97.4 Å². The van der Waals surface area contributed by atoms with Gasteiger partial charge in [-0.1, -0.05) is 40.9 Å². The summed E-state index contributed by atoms with van der Waals surface area (Å²) in [5.74, 6) is 0.695. The number of hydrogen-bond acceptors (Lipinski definition) is 9. The molecule has 48 heavy (non-hydrogen) atoms. The first kappa shape index (κ1) is 36.9. The van der Waals surface area contributed by atoms with Crippen LogP contribution in [0.25, 0.3) is 0 Å². The van der Waals surface area contributed by atoms with Crippen molar-refractivity contribution in [3.63, 3.8) is 0 Å². The molecule has 0 aliphatic rings. The number of benzene rings is 4. The summed E-state index contributed by atoms with van der Waals surface area (Å²) in [5.41, 5.74) is 3.65. The van der Waals surface area contributed by atoms with Gasteiger partial charge in [-0.25, -0.2) is 13.8 Å². The molecule has 0 aliphatic carbocycles. The van der Waals surface area contributed by atoms with Gasteiger partial charge in [0.15, 0.2) is 23.0 Å². The van der Waals surface area contributed by atoms with Crippen LogP contribution < -0.4 is 33.4 Å². The molecule has 0 bridgehead atoms. The van der Waals surface area contributed by atoms with Crippen molar-refractivity contribution >= 4 is 78.6 Å². The summed E-state index contributed by atoms with van der Waals surface area (Å²) in [7, 11) is 1.26. The maximum absolute atomic E-state index is 14.0. The van der Waals surface area contributed by atoms with Crippen molar-refractivity contribution in [2.24, 2.45) is 5.10 Å². The van der Waals surface area contributed by atoms with Crippen LogP contribution in [0.2, 0.25) is 15.1 Å². The van der Waals surface area contributed by atoms with Crippen molar-refractivity contribution in [2.75, 3.05) is 39.3 Å². The molecule has 0 aromatic heterocycles. The van der Waals surface area contributed by atoms with Crippen LogP contribution in [0.1, 0.15) is 11.1 Å². The molecule has 0 fully saturated rings. The number of carbonyl (C=O) groups is 1. The van der Waals surface area contributed by atoms with Gasteiger partial charge in [0.1, 0.15) is 18.9 Å². The third-order valence-electron chi connectivity index (χ3n) is 6.68. The molecular formula is C32H29BrCl3N3O8S. The summed E-state index contributed by atoms with van der Waals surface area (Å²) in [6, 6.07) is 16.9. The fraction of sp³-hybridized carbons (Fsp3) is 0.188. The second-order valence-electron chi connectivity index (χ2n) is 9.70. The number of amides is 1. The zero-order valence-electron chi connectivity index (χ0n) is 25.9. The van der Waals surface area contributed by atoms with Crippen LogP contribution in [-0.2, 0) is 21.4 Å². The third kappa shape index (κ3) is 8.77. The molecule has 4 aromatic carbocycles. The second kappa shape index (κ2) is 16.5. The molecule has 4 rings (SSSR count). The Morgan fingerprint density at radius 1 is 0.833 bits per heavy atom. The number of rotatable bonds is 14. The molecule has 0 atom stereocenters. The van der Waals surface area contributed by atoms with Gasteiger partial charge >= 0.3 is 0 Å². The van der Waals surface area contributed by atoms with E-state index in [9.17, 15) is 13.2 Å². The first-order valence-corrected chi connectivity index (χ1v) is 17.1. The predicted octanol–water partition coefficient (Wildman–Crippen LogP) is 7.37. The summed E-state index contributed by atoms with van der Waals surface area (Å²) in [6.45, 7) is -0.535. The zero-order valence-corrected chi connectivity index (χ0v) is 30.6. The van der Waals surface area contributed by atoms with Gasteiger partial charge in [-0.05, 0) is 76.1 Å². The zero-order chi connectivity index (χ0) is 35.0. The van der Waals surface area contributed by atoms with E-state index in [1.807, 2.05) is 0 Å². The SMILES string of the molecule is COc1ccc(S(=O)(=O)N(CC(=O)NN=Cc2cc(Br)c(OCc3ccc(Cl)cc3Cl)c(OC)c2)c2cc(Cl)ccc2OC)cc1OC. The Hall–Kier alpha value is -3.88. The highest BCUT2D eigenvalue weighted by Crippen LogP contribution is 2.38. The van der Waals surface area contributed by atoms with Crippen LogP contribution in [0.5, 0.6) is 28.7 Å². The molecule has 1 N–H and O–H groups in total. The molecule has 11 nitrogen and oxygen atoms in total. The van der Waals surface area contributed by atoms with Gasteiger partial charge in [-0.15, -0.1) is 0 Å². The Labute approximate surface area is 301 Å². The highest BCUT2D eigenvalue weighted by molar-refractivity contribution is 9.10. The first-order valence-electron chi connectivity index (χ1n) is 13.8. The Morgan fingerprint density at radius 2 is 1.48 bits per heavy atom. The topological polar surface area (TPSA) is 125 Å². The Morgan fingerprint density at radius 3 is 2.15 bits per heavy atom. The van der Waals surface area contributed by atoms with E-state index in [-0.39, 0.29) is 33.7 Å². The van der Waals surface area contributed by atoms with Crippen LogP contribution in [-0.4, -0.2) is 55.5 Å². The minimum absolute atomic E-state index is 0.0306. The molecule has 4 aromatic rings. The molecule has 0 aliphatic heterocycles. The number of sulfonamides is 1. The van der Waals surface area contributed by atoms with Crippen molar-refractivity contribution in [3.8, 4) is 28.7 Å². The van der Waals surface area contributed by atoms with E-state index in [0.717, 1.165) is 9.87 Å². The standard InChI is InChI=1S/C32H29BrCl3N3O8S/c1-43-27-9-7-22(35)14-26(27)39(48(41,42)23-8-10-28(44-2)29(15-23)45-3)17-31(40)38-37-16-19-11-24(33)32(30(12-19)46-4)47-18-20-5-6-21(34)13-25(20)36/h5-16H,17-18H2,1-4H3,(H,38,40). The van der Waals surface area contributed by atoms with Gasteiger partial charge in [-0.2, -0.15) is 5.10 Å². The van der Waals surface area contributed by atoms with E-state index >= 15 is 0 Å². The van der Waals surface area contributed by atoms with Crippen LogP contribution >= 0.6 is 50.7 Å². The van der Waals surface area contributed by atoms with Crippen molar-refractivity contribution in [1.29, 1.82) is 0 Å². The molecule has 0 radical (unpaired) electrons. The quantitative estimate of drug-likeness (QED) is 0.104. The van der Waals surface area contributed by atoms with E-state index < -0.39 is 22.5 Å². The lowest BCUT2D eigenvalue weighted by atomic mass is 10.2. The van der Waals surface area contributed by atoms with E-state index in [2.05, 4.69) is 26.5 Å². The largest absolute Gasteiger partial charge is 0.495 e. The summed E-state index contributed by atoms with van der Waals surface area (Å²) < 4.78 is 56.8. The number of halogens is 4. The maximum atomic E-state index is 14.0. The highest BCUT2D eigenvalue weighted by atomic mass is 79.9.